The lowest BCUT2D eigenvalue weighted by Crippen LogP contribution is -2.32. The van der Waals surface area contributed by atoms with Gasteiger partial charge in [-0.2, -0.15) is 0 Å². The van der Waals surface area contributed by atoms with Gasteiger partial charge in [-0.05, 0) is 37.6 Å². The molecule has 1 heterocycles. The van der Waals surface area contributed by atoms with Crippen molar-refractivity contribution in [3.63, 3.8) is 0 Å². The van der Waals surface area contributed by atoms with Gasteiger partial charge in [-0.25, -0.2) is 4.79 Å². The van der Waals surface area contributed by atoms with E-state index in [1.165, 1.54) is 0 Å². The summed E-state index contributed by atoms with van der Waals surface area (Å²) in [5.74, 6) is -0.331. The first-order chi connectivity index (χ1) is 10.4. The van der Waals surface area contributed by atoms with Crippen LogP contribution in [-0.4, -0.2) is 36.9 Å². The molecule has 0 saturated heterocycles. The SMILES string of the molecule is CCOC(=O)C1=C(Cc2cc(Cl)cc(Cl)c2)C(C)=NCN1C. The standard InChI is InChI=1S/C16H18Cl2N2O2/c1-4-22-16(21)15-14(10(2)19-9-20(15)3)7-11-5-12(17)8-13(18)6-11/h5-6,8H,4,7,9H2,1-3H3. The molecule has 0 unspecified atom stereocenters. The summed E-state index contributed by atoms with van der Waals surface area (Å²) in [5, 5.41) is 1.14. The molecule has 0 spiro atoms. The fraction of sp³-hybridized carbons (Fsp3) is 0.375. The lowest BCUT2D eigenvalue weighted by Gasteiger charge is -2.27. The molecule has 0 bridgehead atoms. The third-order valence-corrected chi connectivity index (χ3v) is 3.83. The number of carbonyl (C=O) groups is 1. The number of carbonyl (C=O) groups excluding carboxylic acids is 1. The van der Waals surface area contributed by atoms with E-state index in [1.54, 1.807) is 17.9 Å². The van der Waals surface area contributed by atoms with Gasteiger partial charge >= 0.3 is 5.97 Å². The molecule has 118 valence electrons. The number of halogens is 2. The minimum absolute atomic E-state index is 0.331. The minimum atomic E-state index is -0.331. The number of ether oxygens (including phenoxy) is 1. The largest absolute Gasteiger partial charge is 0.461 e. The highest BCUT2D eigenvalue weighted by molar-refractivity contribution is 6.34. The third kappa shape index (κ3) is 3.81. The molecule has 0 aliphatic carbocycles. The fourth-order valence-electron chi connectivity index (χ4n) is 2.39. The van der Waals surface area contributed by atoms with Crippen LogP contribution in [0, 0.1) is 0 Å². The summed E-state index contributed by atoms with van der Waals surface area (Å²) in [6, 6.07) is 5.36. The first kappa shape index (κ1) is 16.8. The van der Waals surface area contributed by atoms with E-state index in [2.05, 4.69) is 4.99 Å². The molecule has 1 aliphatic heterocycles. The van der Waals surface area contributed by atoms with Crippen LogP contribution in [0.25, 0.3) is 0 Å². The second-order valence-corrected chi connectivity index (χ2v) is 5.96. The van der Waals surface area contributed by atoms with Crippen LogP contribution >= 0.6 is 23.2 Å². The Balaban J connectivity index is 2.43. The molecule has 1 aromatic carbocycles. The maximum Gasteiger partial charge on any atom is 0.355 e. The average Bonchev–Trinajstić information content (AvgIpc) is 2.42. The molecule has 1 aliphatic rings. The second-order valence-electron chi connectivity index (χ2n) is 5.08. The Kier molecular flexibility index (Phi) is 5.48. The van der Waals surface area contributed by atoms with Gasteiger partial charge in [-0.1, -0.05) is 23.2 Å². The lowest BCUT2D eigenvalue weighted by atomic mass is 9.98. The number of likely N-dealkylation sites (N-methyl/N-ethyl adjacent to an activating group) is 1. The van der Waals surface area contributed by atoms with E-state index in [1.807, 2.05) is 26.1 Å². The highest BCUT2D eigenvalue weighted by Crippen LogP contribution is 2.25. The molecule has 0 radical (unpaired) electrons. The van der Waals surface area contributed by atoms with Gasteiger partial charge in [-0.3, -0.25) is 4.99 Å². The Morgan fingerprint density at radius 1 is 1.32 bits per heavy atom. The molecule has 0 saturated carbocycles. The minimum Gasteiger partial charge on any atom is -0.461 e. The summed E-state index contributed by atoms with van der Waals surface area (Å²) in [7, 11) is 1.83. The summed E-state index contributed by atoms with van der Waals surface area (Å²) < 4.78 is 5.17. The van der Waals surface area contributed by atoms with Gasteiger partial charge in [0.1, 0.15) is 12.4 Å². The van der Waals surface area contributed by atoms with Gasteiger partial charge in [0, 0.05) is 34.8 Å². The summed E-state index contributed by atoms with van der Waals surface area (Å²) in [5.41, 5.74) is 3.15. The normalized spacial score (nSPS) is 15.0. The number of hydrogen-bond donors (Lipinski definition) is 0. The van der Waals surface area contributed by atoms with E-state index in [9.17, 15) is 4.79 Å². The Labute approximate surface area is 140 Å². The Morgan fingerprint density at radius 2 is 1.95 bits per heavy atom. The number of esters is 1. The number of benzene rings is 1. The van der Waals surface area contributed by atoms with Crippen molar-refractivity contribution < 1.29 is 9.53 Å². The summed E-state index contributed by atoms with van der Waals surface area (Å²) >= 11 is 12.1. The molecule has 0 atom stereocenters. The van der Waals surface area contributed by atoms with Crippen molar-refractivity contribution in [2.75, 3.05) is 20.3 Å². The van der Waals surface area contributed by atoms with Crippen LogP contribution < -0.4 is 0 Å². The predicted molar refractivity (Wildman–Crippen MR) is 89.6 cm³/mol. The summed E-state index contributed by atoms with van der Waals surface area (Å²) in [4.78, 5) is 18.5. The molecule has 2 rings (SSSR count). The van der Waals surface area contributed by atoms with E-state index in [-0.39, 0.29) is 5.97 Å². The van der Waals surface area contributed by atoms with E-state index >= 15 is 0 Å². The van der Waals surface area contributed by atoms with Crippen LogP contribution in [0.4, 0.5) is 0 Å². The molecule has 0 amide bonds. The zero-order chi connectivity index (χ0) is 16.3. The molecule has 0 aromatic heterocycles. The van der Waals surface area contributed by atoms with Crippen LogP contribution in [0.2, 0.25) is 10.0 Å². The maximum atomic E-state index is 12.3. The van der Waals surface area contributed by atoms with Crippen molar-refractivity contribution in [2.45, 2.75) is 20.3 Å². The number of allylic oxidation sites excluding steroid dienone is 1. The first-order valence-corrected chi connectivity index (χ1v) is 7.75. The topological polar surface area (TPSA) is 41.9 Å². The van der Waals surface area contributed by atoms with E-state index in [4.69, 9.17) is 27.9 Å². The van der Waals surface area contributed by atoms with Gasteiger partial charge in [0.05, 0.1) is 6.61 Å². The van der Waals surface area contributed by atoms with Crippen LogP contribution in [0.15, 0.2) is 34.5 Å². The quantitative estimate of drug-likeness (QED) is 0.784. The predicted octanol–water partition coefficient (Wildman–Crippen LogP) is 3.72. The molecule has 4 nitrogen and oxygen atoms in total. The number of hydrogen-bond acceptors (Lipinski definition) is 4. The lowest BCUT2D eigenvalue weighted by molar-refractivity contribution is -0.140. The summed E-state index contributed by atoms with van der Waals surface area (Å²) in [6.45, 7) is 4.47. The monoisotopic (exact) mass is 340 g/mol. The molecular weight excluding hydrogens is 323 g/mol. The van der Waals surface area contributed by atoms with Gasteiger partial charge in [0.2, 0.25) is 0 Å². The van der Waals surface area contributed by atoms with Crippen LogP contribution in [-0.2, 0) is 16.0 Å². The van der Waals surface area contributed by atoms with Crippen molar-refractivity contribution in [3.8, 4) is 0 Å². The van der Waals surface area contributed by atoms with Crippen molar-refractivity contribution in [1.29, 1.82) is 0 Å². The number of rotatable bonds is 4. The van der Waals surface area contributed by atoms with E-state index in [0.29, 0.717) is 35.4 Å². The van der Waals surface area contributed by atoms with Crippen molar-refractivity contribution in [2.24, 2.45) is 4.99 Å². The zero-order valence-electron chi connectivity index (χ0n) is 12.8. The van der Waals surface area contributed by atoms with E-state index < -0.39 is 0 Å². The maximum absolute atomic E-state index is 12.3. The Morgan fingerprint density at radius 3 is 2.55 bits per heavy atom. The number of nitrogens with zero attached hydrogens (tertiary/aromatic N) is 2. The molecule has 6 heteroatoms. The van der Waals surface area contributed by atoms with Gasteiger partial charge in [0.25, 0.3) is 0 Å². The fourth-order valence-corrected chi connectivity index (χ4v) is 2.96. The Hall–Kier alpha value is -1.52. The third-order valence-electron chi connectivity index (χ3n) is 3.40. The summed E-state index contributed by atoms with van der Waals surface area (Å²) in [6.07, 6.45) is 0.522. The Bertz CT molecular complexity index is 633. The first-order valence-electron chi connectivity index (χ1n) is 7.00. The molecule has 0 N–H and O–H groups in total. The highest BCUT2D eigenvalue weighted by atomic mass is 35.5. The van der Waals surface area contributed by atoms with Crippen LogP contribution in [0.5, 0.6) is 0 Å². The number of aliphatic imine (C=N–C) groups is 1. The van der Waals surface area contributed by atoms with Gasteiger partial charge in [0.15, 0.2) is 0 Å². The molecule has 1 aromatic rings. The highest BCUT2D eigenvalue weighted by Gasteiger charge is 2.25. The van der Waals surface area contributed by atoms with Crippen LogP contribution in [0.1, 0.15) is 19.4 Å². The molecule has 0 fully saturated rings. The smallest absolute Gasteiger partial charge is 0.355 e. The van der Waals surface area contributed by atoms with Gasteiger partial charge in [-0.15, -0.1) is 0 Å². The van der Waals surface area contributed by atoms with E-state index in [0.717, 1.165) is 16.8 Å². The molecule has 22 heavy (non-hydrogen) atoms. The van der Waals surface area contributed by atoms with Crippen molar-refractivity contribution >= 4 is 34.9 Å². The van der Waals surface area contributed by atoms with Gasteiger partial charge < -0.3 is 9.64 Å². The van der Waals surface area contributed by atoms with Crippen molar-refractivity contribution in [3.05, 3.63) is 45.1 Å². The second kappa shape index (κ2) is 7.16. The average molecular weight is 341 g/mol. The van der Waals surface area contributed by atoms with Crippen molar-refractivity contribution in [1.82, 2.24) is 4.90 Å². The van der Waals surface area contributed by atoms with Crippen LogP contribution in [0.3, 0.4) is 0 Å². The molecular formula is C16H18Cl2N2O2. The zero-order valence-corrected chi connectivity index (χ0v) is 14.3.